The fourth-order valence-electron chi connectivity index (χ4n) is 2.30. The predicted molar refractivity (Wildman–Crippen MR) is 95.4 cm³/mol. The summed E-state index contributed by atoms with van der Waals surface area (Å²) in [4.78, 5) is 0. The standard InChI is InChI=1S/C17H24ClNO3S/c1-17(2,3)23(20)19-16(12-5-7-14(18)8-6-12)13-9-15(10-13)22-11-21-4/h5-8,13,15H,9-11H2,1-4H3. The van der Waals surface area contributed by atoms with Crippen LogP contribution in [-0.4, -0.2) is 35.0 Å². The van der Waals surface area contributed by atoms with Crippen LogP contribution in [0.2, 0.25) is 5.02 Å². The molecule has 0 aromatic heterocycles. The summed E-state index contributed by atoms with van der Waals surface area (Å²) in [7, 11) is 1.61. The molecule has 1 unspecified atom stereocenters. The molecule has 1 aliphatic carbocycles. The molecule has 0 spiro atoms. The van der Waals surface area contributed by atoms with Crippen LogP contribution in [0.1, 0.15) is 39.2 Å². The van der Waals surface area contributed by atoms with Gasteiger partial charge in [-0.05, 0) is 45.7 Å². The van der Waals surface area contributed by atoms with E-state index in [0.29, 0.717) is 11.8 Å². The molecular weight excluding hydrogens is 334 g/mol. The van der Waals surface area contributed by atoms with E-state index < -0.39 is 11.4 Å². The Balaban J connectivity index is 2.16. The molecule has 0 heterocycles. The van der Waals surface area contributed by atoms with Gasteiger partial charge in [-0.15, -0.1) is 0 Å². The third-order valence-electron chi connectivity index (χ3n) is 3.75. The molecular formula is C17H24ClNO3S. The first-order valence-electron chi connectivity index (χ1n) is 7.68. The molecule has 0 aliphatic heterocycles. The summed E-state index contributed by atoms with van der Waals surface area (Å²) in [5, 5.41) is 0.681. The molecule has 1 atom stereocenters. The van der Waals surface area contributed by atoms with E-state index in [9.17, 15) is 4.55 Å². The number of methoxy groups -OCH3 is 1. The average molecular weight is 358 g/mol. The van der Waals surface area contributed by atoms with Crippen LogP contribution >= 0.6 is 11.6 Å². The van der Waals surface area contributed by atoms with Gasteiger partial charge >= 0.3 is 0 Å². The normalized spacial score (nSPS) is 23.5. The first kappa shape index (κ1) is 18.7. The van der Waals surface area contributed by atoms with Crippen LogP contribution in [0, 0.1) is 5.92 Å². The van der Waals surface area contributed by atoms with Crippen molar-refractivity contribution in [1.82, 2.24) is 0 Å². The Kier molecular flexibility index (Phi) is 6.51. The molecule has 6 heteroatoms. The molecule has 1 aromatic carbocycles. The minimum absolute atomic E-state index is 0.181. The van der Waals surface area contributed by atoms with Crippen molar-refractivity contribution in [2.75, 3.05) is 13.9 Å². The Bertz CT molecular complexity index is 536. The molecule has 0 saturated heterocycles. The van der Waals surface area contributed by atoms with Crippen LogP contribution in [0.25, 0.3) is 0 Å². The van der Waals surface area contributed by atoms with Gasteiger partial charge in [-0.25, -0.2) is 0 Å². The molecule has 1 saturated carbocycles. The summed E-state index contributed by atoms with van der Waals surface area (Å²) >= 11 is 4.68. The van der Waals surface area contributed by atoms with Gasteiger partial charge in [0, 0.05) is 23.6 Å². The maximum absolute atomic E-state index is 12.5. The molecule has 23 heavy (non-hydrogen) atoms. The maximum atomic E-state index is 12.5. The van der Waals surface area contributed by atoms with Crippen molar-refractivity contribution in [3.63, 3.8) is 0 Å². The van der Waals surface area contributed by atoms with E-state index in [2.05, 4.69) is 4.40 Å². The van der Waals surface area contributed by atoms with E-state index in [1.165, 1.54) is 0 Å². The van der Waals surface area contributed by atoms with Gasteiger partial charge in [-0.2, -0.15) is 0 Å². The van der Waals surface area contributed by atoms with Gasteiger partial charge in [0.1, 0.15) is 28.6 Å². The van der Waals surface area contributed by atoms with Gasteiger partial charge in [0.15, 0.2) is 0 Å². The summed E-state index contributed by atoms with van der Waals surface area (Å²) in [6, 6.07) is 7.54. The largest absolute Gasteiger partial charge is 0.591 e. The van der Waals surface area contributed by atoms with Crippen LogP contribution in [-0.2, 0) is 20.8 Å². The Morgan fingerprint density at radius 1 is 1.30 bits per heavy atom. The van der Waals surface area contributed by atoms with Gasteiger partial charge in [0.2, 0.25) is 0 Å². The Morgan fingerprint density at radius 2 is 1.91 bits per heavy atom. The highest BCUT2D eigenvalue weighted by Gasteiger charge is 2.37. The van der Waals surface area contributed by atoms with Gasteiger partial charge in [-0.1, -0.05) is 28.1 Å². The number of rotatable bonds is 6. The highest BCUT2D eigenvalue weighted by Crippen LogP contribution is 2.35. The van der Waals surface area contributed by atoms with Crippen LogP contribution in [0.3, 0.4) is 0 Å². The van der Waals surface area contributed by atoms with Gasteiger partial charge in [-0.3, -0.25) is 0 Å². The van der Waals surface area contributed by atoms with Crippen LogP contribution in [0.5, 0.6) is 0 Å². The molecule has 2 rings (SSSR count). The minimum Gasteiger partial charge on any atom is -0.591 e. The van der Waals surface area contributed by atoms with Crippen molar-refractivity contribution in [1.29, 1.82) is 0 Å². The highest BCUT2D eigenvalue weighted by molar-refractivity contribution is 7.91. The molecule has 0 amide bonds. The molecule has 128 valence electrons. The van der Waals surface area contributed by atoms with E-state index in [4.69, 9.17) is 21.1 Å². The number of benzene rings is 1. The van der Waals surface area contributed by atoms with Crippen molar-refractivity contribution in [2.24, 2.45) is 10.3 Å². The lowest BCUT2D eigenvalue weighted by Gasteiger charge is -2.35. The first-order valence-corrected chi connectivity index (χ1v) is 9.16. The Morgan fingerprint density at radius 3 is 2.43 bits per heavy atom. The fraction of sp³-hybridized carbons (Fsp3) is 0.588. The van der Waals surface area contributed by atoms with Gasteiger partial charge in [0.25, 0.3) is 0 Å². The van der Waals surface area contributed by atoms with E-state index in [1.807, 2.05) is 45.0 Å². The van der Waals surface area contributed by atoms with Crippen molar-refractivity contribution >= 4 is 28.7 Å². The van der Waals surface area contributed by atoms with E-state index in [0.717, 1.165) is 24.1 Å². The number of halogens is 1. The van der Waals surface area contributed by atoms with Crippen molar-refractivity contribution in [3.05, 3.63) is 34.9 Å². The molecule has 1 aromatic rings. The van der Waals surface area contributed by atoms with Crippen LogP contribution in [0.15, 0.2) is 28.7 Å². The molecule has 0 radical (unpaired) electrons. The highest BCUT2D eigenvalue weighted by atomic mass is 35.5. The Labute approximate surface area is 146 Å². The second-order valence-electron chi connectivity index (χ2n) is 6.71. The van der Waals surface area contributed by atoms with E-state index in [1.54, 1.807) is 7.11 Å². The van der Waals surface area contributed by atoms with Crippen LogP contribution < -0.4 is 0 Å². The van der Waals surface area contributed by atoms with Crippen molar-refractivity contribution in [3.8, 4) is 0 Å². The number of nitrogens with zero attached hydrogens (tertiary/aromatic N) is 1. The summed E-state index contributed by atoms with van der Waals surface area (Å²) < 4.78 is 27.1. The topological polar surface area (TPSA) is 53.9 Å². The molecule has 1 aliphatic rings. The molecule has 0 N–H and O–H groups in total. The van der Waals surface area contributed by atoms with E-state index >= 15 is 0 Å². The Hall–Kier alpha value is -0.590. The third kappa shape index (κ3) is 5.19. The van der Waals surface area contributed by atoms with Crippen molar-refractivity contribution in [2.45, 2.75) is 44.5 Å². The maximum Gasteiger partial charge on any atom is 0.146 e. The molecule has 4 nitrogen and oxygen atoms in total. The number of hydrogen-bond acceptors (Lipinski definition) is 4. The second kappa shape index (κ2) is 7.99. The zero-order valence-electron chi connectivity index (χ0n) is 14.0. The lowest BCUT2D eigenvalue weighted by atomic mass is 9.77. The summed E-state index contributed by atoms with van der Waals surface area (Å²) in [6.07, 6.45) is 1.92. The smallest absolute Gasteiger partial charge is 0.146 e. The summed E-state index contributed by atoms with van der Waals surface area (Å²) in [6.45, 7) is 6.09. The fourth-order valence-corrected chi connectivity index (χ4v) is 3.13. The zero-order valence-corrected chi connectivity index (χ0v) is 15.6. The van der Waals surface area contributed by atoms with Gasteiger partial charge < -0.3 is 14.0 Å². The van der Waals surface area contributed by atoms with E-state index in [-0.39, 0.29) is 16.8 Å². The average Bonchev–Trinajstić information content (AvgIpc) is 2.44. The first-order chi connectivity index (χ1) is 10.8. The summed E-state index contributed by atoms with van der Waals surface area (Å²) in [5.41, 5.74) is 1.86. The SMILES string of the molecule is COCOC1CC(C(=N[S+]([O-])C(C)(C)C)c2ccc(Cl)cc2)C1. The lowest BCUT2D eigenvalue weighted by Crippen LogP contribution is -2.38. The minimum atomic E-state index is -1.29. The van der Waals surface area contributed by atoms with Crippen molar-refractivity contribution < 1.29 is 14.0 Å². The molecule has 0 bridgehead atoms. The quantitative estimate of drug-likeness (QED) is 0.439. The lowest BCUT2D eigenvalue weighted by molar-refractivity contribution is -0.104. The predicted octanol–water partition coefficient (Wildman–Crippen LogP) is 3.99. The monoisotopic (exact) mass is 357 g/mol. The molecule has 1 fully saturated rings. The second-order valence-corrected chi connectivity index (χ2v) is 9.05. The number of ether oxygens (including phenoxy) is 2. The number of hydrogen-bond donors (Lipinski definition) is 0. The zero-order chi connectivity index (χ0) is 17.0. The van der Waals surface area contributed by atoms with Crippen LogP contribution in [0.4, 0.5) is 0 Å². The third-order valence-corrected chi connectivity index (χ3v) is 5.41. The summed E-state index contributed by atoms with van der Waals surface area (Å²) in [5.74, 6) is 0.254. The van der Waals surface area contributed by atoms with Gasteiger partial charge in [0.05, 0.1) is 6.10 Å².